The summed E-state index contributed by atoms with van der Waals surface area (Å²) < 4.78 is 10.1. The zero-order valence-electron chi connectivity index (χ0n) is 9.15. The normalized spacial score (nSPS) is 33.0. The third kappa shape index (κ3) is 1.42. The lowest BCUT2D eigenvalue weighted by atomic mass is 10.1. The number of carbonyl (C=O) groups is 2. The Balaban J connectivity index is 2.21. The molecule has 5 nitrogen and oxygen atoms in total. The second-order valence-electron chi connectivity index (χ2n) is 4.43. The van der Waals surface area contributed by atoms with Crippen LogP contribution in [-0.4, -0.2) is 42.3 Å². The van der Waals surface area contributed by atoms with Gasteiger partial charge in [-0.25, -0.2) is 0 Å². The molecule has 2 saturated heterocycles. The molecule has 2 atom stereocenters. The third-order valence-corrected chi connectivity index (χ3v) is 3.10. The Bertz CT molecular complexity index is 313. The van der Waals surface area contributed by atoms with Gasteiger partial charge in [0.25, 0.3) is 0 Å². The summed E-state index contributed by atoms with van der Waals surface area (Å²) in [4.78, 5) is 25.0. The highest BCUT2D eigenvalue weighted by Crippen LogP contribution is 2.38. The van der Waals surface area contributed by atoms with Gasteiger partial charge >= 0.3 is 5.97 Å². The van der Waals surface area contributed by atoms with E-state index in [-0.39, 0.29) is 11.9 Å². The summed E-state index contributed by atoms with van der Waals surface area (Å²) in [6.45, 7) is 4.18. The van der Waals surface area contributed by atoms with Crippen LogP contribution < -0.4 is 0 Å². The topological polar surface area (TPSA) is 55.8 Å². The molecular formula is C10H15NO4. The van der Waals surface area contributed by atoms with Crippen molar-refractivity contribution in [3.8, 4) is 0 Å². The number of hydrogen-bond donors (Lipinski definition) is 0. The first kappa shape index (κ1) is 10.4. The van der Waals surface area contributed by atoms with Crippen molar-refractivity contribution >= 4 is 11.9 Å². The van der Waals surface area contributed by atoms with Crippen LogP contribution in [-0.2, 0) is 19.1 Å². The predicted molar refractivity (Wildman–Crippen MR) is 50.8 cm³/mol. The van der Waals surface area contributed by atoms with E-state index < -0.39 is 17.6 Å². The largest absolute Gasteiger partial charge is 0.468 e. The van der Waals surface area contributed by atoms with Crippen LogP contribution in [0, 0.1) is 5.92 Å². The van der Waals surface area contributed by atoms with Gasteiger partial charge in [-0.1, -0.05) is 0 Å². The molecule has 0 radical (unpaired) electrons. The van der Waals surface area contributed by atoms with E-state index in [0.717, 1.165) is 0 Å². The highest BCUT2D eigenvalue weighted by atomic mass is 16.5. The summed E-state index contributed by atoms with van der Waals surface area (Å²) in [5.41, 5.74) is -0.593. The van der Waals surface area contributed by atoms with Crippen LogP contribution >= 0.6 is 0 Å². The molecule has 0 aromatic carbocycles. The molecule has 0 N–H and O–H groups in total. The fourth-order valence-corrected chi connectivity index (χ4v) is 2.38. The maximum absolute atomic E-state index is 11.9. The predicted octanol–water partition coefficient (Wildman–Crippen LogP) is 0.143. The number of rotatable bonds is 1. The van der Waals surface area contributed by atoms with Crippen LogP contribution in [0.15, 0.2) is 0 Å². The van der Waals surface area contributed by atoms with Crippen molar-refractivity contribution in [2.75, 3.05) is 13.7 Å². The Morgan fingerprint density at radius 3 is 2.80 bits per heavy atom. The average Bonchev–Trinajstić information content (AvgIpc) is 2.66. The monoisotopic (exact) mass is 213 g/mol. The van der Waals surface area contributed by atoms with Crippen LogP contribution in [0.2, 0.25) is 0 Å². The maximum atomic E-state index is 11.9. The van der Waals surface area contributed by atoms with Crippen molar-refractivity contribution in [2.45, 2.75) is 32.0 Å². The van der Waals surface area contributed by atoms with Crippen molar-refractivity contribution in [3.63, 3.8) is 0 Å². The minimum Gasteiger partial charge on any atom is -0.468 e. The van der Waals surface area contributed by atoms with E-state index in [1.54, 1.807) is 4.90 Å². The molecule has 0 spiro atoms. The van der Waals surface area contributed by atoms with E-state index in [0.29, 0.717) is 13.0 Å². The molecule has 5 heteroatoms. The SMILES string of the molecule is COC(=O)[C@@H]1C[C@@H]2COC(C)(C)N2C1=O. The number of nitrogens with zero attached hydrogens (tertiary/aromatic N) is 1. The molecule has 2 rings (SSSR count). The van der Waals surface area contributed by atoms with Gasteiger partial charge in [-0.3, -0.25) is 9.59 Å². The highest BCUT2D eigenvalue weighted by molar-refractivity contribution is 6.00. The Morgan fingerprint density at radius 2 is 2.27 bits per heavy atom. The van der Waals surface area contributed by atoms with Gasteiger partial charge in [0.2, 0.25) is 5.91 Å². The number of hydrogen-bond acceptors (Lipinski definition) is 4. The van der Waals surface area contributed by atoms with Gasteiger partial charge in [-0.2, -0.15) is 0 Å². The summed E-state index contributed by atoms with van der Waals surface area (Å²) in [6, 6.07) is 0.0246. The summed E-state index contributed by atoms with van der Waals surface area (Å²) in [5, 5.41) is 0. The summed E-state index contributed by atoms with van der Waals surface area (Å²) in [7, 11) is 1.31. The first-order valence-corrected chi connectivity index (χ1v) is 5.02. The van der Waals surface area contributed by atoms with Crippen LogP contribution in [0.25, 0.3) is 0 Å². The van der Waals surface area contributed by atoms with Gasteiger partial charge in [-0.05, 0) is 20.3 Å². The molecule has 15 heavy (non-hydrogen) atoms. The fraction of sp³-hybridized carbons (Fsp3) is 0.800. The van der Waals surface area contributed by atoms with Gasteiger partial charge in [0.15, 0.2) is 0 Å². The molecule has 2 fully saturated rings. The van der Waals surface area contributed by atoms with Gasteiger partial charge in [0.05, 0.1) is 19.8 Å². The number of carbonyl (C=O) groups excluding carboxylic acids is 2. The lowest BCUT2D eigenvalue weighted by Gasteiger charge is -2.29. The van der Waals surface area contributed by atoms with Crippen molar-refractivity contribution in [2.24, 2.45) is 5.92 Å². The number of amides is 1. The van der Waals surface area contributed by atoms with E-state index >= 15 is 0 Å². The minimum atomic E-state index is -0.636. The number of fused-ring (bicyclic) bond motifs is 1. The maximum Gasteiger partial charge on any atom is 0.318 e. The van der Waals surface area contributed by atoms with E-state index in [2.05, 4.69) is 4.74 Å². The molecule has 0 aliphatic carbocycles. The Kier molecular flexibility index (Phi) is 2.22. The smallest absolute Gasteiger partial charge is 0.318 e. The second-order valence-corrected chi connectivity index (χ2v) is 4.43. The highest BCUT2D eigenvalue weighted by Gasteiger charge is 2.54. The zero-order valence-corrected chi connectivity index (χ0v) is 9.15. The van der Waals surface area contributed by atoms with Crippen molar-refractivity contribution < 1.29 is 19.1 Å². The summed E-state index contributed by atoms with van der Waals surface area (Å²) >= 11 is 0. The quantitative estimate of drug-likeness (QED) is 0.459. The van der Waals surface area contributed by atoms with Crippen molar-refractivity contribution in [1.29, 1.82) is 0 Å². The van der Waals surface area contributed by atoms with Crippen LogP contribution in [0.5, 0.6) is 0 Å². The number of ether oxygens (including phenoxy) is 2. The second kappa shape index (κ2) is 3.20. The summed E-state index contributed by atoms with van der Waals surface area (Å²) in [5.74, 6) is -1.25. The molecule has 2 aliphatic rings. The molecule has 2 aliphatic heterocycles. The average molecular weight is 213 g/mol. The molecule has 0 aromatic heterocycles. The molecule has 0 bridgehead atoms. The Hall–Kier alpha value is -1.10. The fourth-order valence-electron chi connectivity index (χ4n) is 2.38. The lowest BCUT2D eigenvalue weighted by Crippen LogP contribution is -2.45. The molecule has 2 heterocycles. The Labute approximate surface area is 88.3 Å². The minimum absolute atomic E-state index is 0.0246. The van der Waals surface area contributed by atoms with Crippen LogP contribution in [0.1, 0.15) is 20.3 Å². The van der Waals surface area contributed by atoms with Crippen LogP contribution in [0.3, 0.4) is 0 Å². The molecule has 1 amide bonds. The van der Waals surface area contributed by atoms with E-state index in [9.17, 15) is 9.59 Å². The van der Waals surface area contributed by atoms with Gasteiger partial charge in [-0.15, -0.1) is 0 Å². The van der Waals surface area contributed by atoms with E-state index in [4.69, 9.17) is 4.74 Å². The molecule has 84 valence electrons. The van der Waals surface area contributed by atoms with E-state index in [1.807, 2.05) is 13.8 Å². The lowest BCUT2D eigenvalue weighted by molar-refractivity contribution is -0.155. The Morgan fingerprint density at radius 1 is 1.60 bits per heavy atom. The molecule has 0 unspecified atom stereocenters. The third-order valence-electron chi connectivity index (χ3n) is 3.10. The zero-order chi connectivity index (χ0) is 11.2. The van der Waals surface area contributed by atoms with Crippen molar-refractivity contribution in [3.05, 3.63) is 0 Å². The number of methoxy groups -OCH3 is 1. The number of esters is 1. The van der Waals surface area contributed by atoms with Crippen molar-refractivity contribution in [1.82, 2.24) is 4.90 Å². The van der Waals surface area contributed by atoms with Crippen LogP contribution in [0.4, 0.5) is 0 Å². The molecule has 0 aromatic rings. The molecular weight excluding hydrogens is 198 g/mol. The molecule has 0 saturated carbocycles. The van der Waals surface area contributed by atoms with Gasteiger partial charge < -0.3 is 14.4 Å². The van der Waals surface area contributed by atoms with Gasteiger partial charge in [0.1, 0.15) is 11.6 Å². The van der Waals surface area contributed by atoms with E-state index in [1.165, 1.54) is 7.11 Å². The standard InChI is InChI=1S/C10H15NO4/c1-10(2)11-6(5-15-10)4-7(8(11)12)9(13)14-3/h6-7H,4-5H2,1-3H3/t6-,7-/m1/s1. The van der Waals surface area contributed by atoms with Gasteiger partial charge in [0, 0.05) is 0 Å². The first-order chi connectivity index (χ1) is 6.97. The summed E-state index contributed by atoms with van der Waals surface area (Å²) in [6.07, 6.45) is 0.509. The first-order valence-electron chi connectivity index (χ1n) is 5.02.